The van der Waals surface area contributed by atoms with E-state index in [1.54, 1.807) is 0 Å². The fraction of sp³-hybridized carbons (Fsp3) is 0.304. The zero-order valence-corrected chi connectivity index (χ0v) is 17.0. The molecule has 6 heteroatoms. The molecule has 1 aromatic heterocycles. The Labute approximate surface area is 169 Å². The maximum Gasteiger partial charge on any atom is 0.254 e. The van der Waals surface area contributed by atoms with Crippen LogP contribution in [0.2, 0.25) is 0 Å². The summed E-state index contributed by atoms with van der Waals surface area (Å²) in [4.78, 5) is 13.4. The zero-order valence-electron chi connectivity index (χ0n) is 17.0. The Morgan fingerprint density at radius 3 is 2.52 bits per heavy atom. The van der Waals surface area contributed by atoms with Gasteiger partial charge in [-0.3, -0.25) is 10.1 Å². The van der Waals surface area contributed by atoms with Gasteiger partial charge in [0.05, 0.1) is 12.3 Å². The van der Waals surface area contributed by atoms with Crippen LogP contribution in [-0.4, -0.2) is 28.3 Å². The average Bonchev–Trinajstić information content (AvgIpc) is 3.18. The highest BCUT2D eigenvalue weighted by Crippen LogP contribution is 2.44. The van der Waals surface area contributed by atoms with Gasteiger partial charge in [-0.15, -0.1) is 0 Å². The number of aryl methyl sites for hydroxylation is 2. The Morgan fingerprint density at radius 2 is 1.90 bits per heavy atom. The molecule has 29 heavy (non-hydrogen) atoms. The van der Waals surface area contributed by atoms with Crippen molar-refractivity contribution in [2.45, 2.75) is 38.8 Å². The number of amides is 1. The van der Waals surface area contributed by atoms with E-state index in [2.05, 4.69) is 15.8 Å². The number of anilines is 1. The number of benzene rings is 2. The molecule has 150 valence electrons. The van der Waals surface area contributed by atoms with Gasteiger partial charge in [0.2, 0.25) is 0 Å². The monoisotopic (exact) mass is 391 g/mol. The smallest absolute Gasteiger partial charge is 0.254 e. The highest BCUT2D eigenvalue weighted by atomic mass is 16.5. The molecule has 0 saturated carbocycles. The van der Waals surface area contributed by atoms with E-state index in [9.17, 15) is 9.90 Å². The quantitative estimate of drug-likeness (QED) is 0.619. The molecule has 1 unspecified atom stereocenters. The van der Waals surface area contributed by atoms with Gasteiger partial charge in [0.25, 0.3) is 5.91 Å². The van der Waals surface area contributed by atoms with Gasteiger partial charge in [-0.1, -0.05) is 41.6 Å². The number of hydrogen-bond donors (Lipinski definition) is 3. The SMILES string of the molecule is Cc1noc(C)c1-c1ccc2c(c1)C(NC(C)(C)CO)(c1ccccc1)C(=O)N2. The molecule has 3 aromatic rings. The first-order chi connectivity index (χ1) is 13.8. The van der Waals surface area contributed by atoms with Crippen LogP contribution in [0.15, 0.2) is 53.1 Å². The number of carbonyl (C=O) groups is 1. The summed E-state index contributed by atoms with van der Waals surface area (Å²) in [6.45, 7) is 7.42. The second-order valence-corrected chi connectivity index (χ2v) is 8.20. The lowest BCUT2D eigenvalue weighted by Gasteiger charge is -2.37. The average molecular weight is 391 g/mol. The highest BCUT2D eigenvalue weighted by Gasteiger charge is 2.50. The second-order valence-electron chi connectivity index (χ2n) is 8.20. The van der Waals surface area contributed by atoms with Crippen LogP contribution >= 0.6 is 0 Å². The van der Waals surface area contributed by atoms with Crippen molar-refractivity contribution in [2.75, 3.05) is 11.9 Å². The van der Waals surface area contributed by atoms with E-state index in [-0.39, 0.29) is 12.5 Å². The molecular weight excluding hydrogens is 366 g/mol. The van der Waals surface area contributed by atoms with Crippen LogP contribution in [0.1, 0.15) is 36.4 Å². The molecule has 0 bridgehead atoms. The number of hydrogen-bond acceptors (Lipinski definition) is 5. The second kappa shape index (κ2) is 6.83. The minimum absolute atomic E-state index is 0.117. The molecule has 1 amide bonds. The summed E-state index contributed by atoms with van der Waals surface area (Å²) in [6.07, 6.45) is 0. The number of nitrogens with one attached hydrogen (secondary N) is 2. The number of fused-ring (bicyclic) bond motifs is 1. The highest BCUT2D eigenvalue weighted by molar-refractivity contribution is 6.09. The summed E-state index contributed by atoms with van der Waals surface area (Å²) in [5, 5.41) is 20.4. The fourth-order valence-corrected chi connectivity index (χ4v) is 4.07. The molecule has 0 spiro atoms. The molecule has 0 radical (unpaired) electrons. The van der Waals surface area contributed by atoms with E-state index in [1.807, 2.05) is 76.2 Å². The Morgan fingerprint density at radius 1 is 1.17 bits per heavy atom. The molecule has 2 heterocycles. The normalized spacial score (nSPS) is 18.6. The summed E-state index contributed by atoms with van der Waals surface area (Å²) in [5.41, 5.74) is 3.22. The van der Waals surface area contributed by atoms with Crippen molar-refractivity contribution < 1.29 is 14.4 Å². The van der Waals surface area contributed by atoms with Crippen molar-refractivity contribution in [1.29, 1.82) is 0 Å². The molecular formula is C23H25N3O3. The largest absolute Gasteiger partial charge is 0.394 e. The molecule has 1 aliphatic heterocycles. The molecule has 4 rings (SSSR count). The van der Waals surface area contributed by atoms with Crippen molar-refractivity contribution in [3.05, 3.63) is 71.1 Å². The van der Waals surface area contributed by atoms with Crippen molar-refractivity contribution in [1.82, 2.24) is 10.5 Å². The summed E-state index contributed by atoms with van der Waals surface area (Å²) in [5.74, 6) is 0.560. The van der Waals surface area contributed by atoms with Crippen LogP contribution in [0.3, 0.4) is 0 Å². The number of aliphatic hydroxyl groups excluding tert-OH is 1. The Kier molecular flexibility index (Phi) is 4.56. The lowest BCUT2D eigenvalue weighted by atomic mass is 9.80. The maximum atomic E-state index is 13.4. The molecule has 0 aliphatic carbocycles. The molecule has 0 fully saturated rings. The summed E-state index contributed by atoms with van der Waals surface area (Å²) < 4.78 is 5.34. The molecule has 1 atom stereocenters. The fourth-order valence-electron chi connectivity index (χ4n) is 4.07. The van der Waals surface area contributed by atoms with Crippen LogP contribution in [0.25, 0.3) is 11.1 Å². The molecule has 6 nitrogen and oxygen atoms in total. The van der Waals surface area contributed by atoms with Gasteiger partial charge in [-0.05, 0) is 51.0 Å². The lowest BCUT2D eigenvalue weighted by Crippen LogP contribution is -2.58. The van der Waals surface area contributed by atoms with Gasteiger partial charge in [-0.25, -0.2) is 0 Å². The standard InChI is InChI=1S/C23H25N3O3/c1-14-20(15(2)29-25-14)16-10-11-19-18(12-16)23(21(28)24-19,26-22(3,4)13-27)17-8-6-5-7-9-17/h5-12,26-27H,13H2,1-4H3,(H,24,28). The number of aromatic nitrogens is 1. The Hall–Kier alpha value is -2.96. The third kappa shape index (κ3) is 3.05. The minimum Gasteiger partial charge on any atom is -0.394 e. The van der Waals surface area contributed by atoms with Crippen LogP contribution in [0.5, 0.6) is 0 Å². The van der Waals surface area contributed by atoms with Crippen molar-refractivity contribution in [3.8, 4) is 11.1 Å². The van der Waals surface area contributed by atoms with Crippen LogP contribution in [0.4, 0.5) is 5.69 Å². The van der Waals surface area contributed by atoms with E-state index in [4.69, 9.17) is 4.52 Å². The maximum absolute atomic E-state index is 13.4. The zero-order chi connectivity index (χ0) is 20.8. The van der Waals surface area contributed by atoms with Gasteiger partial charge in [0.1, 0.15) is 5.76 Å². The number of nitrogens with zero attached hydrogens (tertiary/aromatic N) is 1. The van der Waals surface area contributed by atoms with Gasteiger partial charge < -0.3 is 14.9 Å². The number of carbonyl (C=O) groups excluding carboxylic acids is 1. The van der Waals surface area contributed by atoms with Gasteiger partial charge in [-0.2, -0.15) is 0 Å². The van der Waals surface area contributed by atoms with Crippen LogP contribution in [-0.2, 0) is 10.3 Å². The van der Waals surface area contributed by atoms with Gasteiger partial charge >= 0.3 is 0 Å². The third-order valence-corrected chi connectivity index (χ3v) is 5.46. The van der Waals surface area contributed by atoms with Crippen molar-refractivity contribution in [3.63, 3.8) is 0 Å². The van der Waals surface area contributed by atoms with Gasteiger partial charge in [0.15, 0.2) is 5.54 Å². The number of rotatable bonds is 5. The summed E-state index contributed by atoms with van der Waals surface area (Å²) in [6, 6.07) is 15.5. The first-order valence-electron chi connectivity index (χ1n) is 9.63. The van der Waals surface area contributed by atoms with Crippen LogP contribution < -0.4 is 10.6 Å². The summed E-state index contributed by atoms with van der Waals surface area (Å²) in [7, 11) is 0. The molecule has 3 N–H and O–H groups in total. The molecule has 2 aromatic carbocycles. The predicted molar refractivity (Wildman–Crippen MR) is 112 cm³/mol. The first kappa shape index (κ1) is 19.4. The van der Waals surface area contributed by atoms with E-state index in [0.717, 1.165) is 39.4 Å². The first-order valence-corrected chi connectivity index (χ1v) is 9.63. The minimum atomic E-state index is -1.13. The Bertz CT molecular complexity index is 1050. The van der Waals surface area contributed by atoms with Gasteiger partial charge in [0, 0.05) is 22.4 Å². The molecule has 0 saturated heterocycles. The van der Waals surface area contributed by atoms with E-state index < -0.39 is 11.1 Å². The summed E-state index contributed by atoms with van der Waals surface area (Å²) >= 11 is 0. The molecule has 1 aliphatic rings. The van der Waals surface area contributed by atoms with Crippen molar-refractivity contribution >= 4 is 11.6 Å². The third-order valence-electron chi connectivity index (χ3n) is 5.46. The van der Waals surface area contributed by atoms with E-state index in [1.165, 1.54) is 0 Å². The predicted octanol–water partition coefficient (Wildman–Crippen LogP) is 3.51. The lowest BCUT2D eigenvalue weighted by molar-refractivity contribution is -0.121. The number of aliphatic hydroxyl groups is 1. The van der Waals surface area contributed by atoms with Crippen LogP contribution in [0, 0.1) is 13.8 Å². The van der Waals surface area contributed by atoms with Crippen molar-refractivity contribution in [2.24, 2.45) is 0 Å². The van der Waals surface area contributed by atoms with E-state index >= 15 is 0 Å². The topological polar surface area (TPSA) is 87.4 Å². The Balaban J connectivity index is 1.97. The van der Waals surface area contributed by atoms with E-state index in [0.29, 0.717) is 0 Å².